The molecule has 176 valence electrons. The number of nitrogens with zero attached hydrogens (tertiary/aromatic N) is 3. The summed E-state index contributed by atoms with van der Waals surface area (Å²) < 4.78 is 7.36. The number of fused-ring (bicyclic) bond motifs is 1. The summed E-state index contributed by atoms with van der Waals surface area (Å²) in [5, 5.41) is 12.0. The molecular weight excluding hydrogens is 460 g/mol. The number of ether oxygens (including phenoxy) is 1. The maximum absolute atomic E-state index is 13.4. The fourth-order valence-electron chi connectivity index (χ4n) is 4.25. The smallest absolute Gasteiger partial charge is 0.267 e. The van der Waals surface area contributed by atoms with Gasteiger partial charge < -0.3 is 15.2 Å². The van der Waals surface area contributed by atoms with Crippen molar-refractivity contribution in [2.24, 2.45) is 0 Å². The molecule has 1 saturated heterocycles. The second-order valence-electron chi connectivity index (χ2n) is 8.17. The van der Waals surface area contributed by atoms with Crippen LogP contribution < -0.4 is 10.9 Å². The Morgan fingerprint density at radius 2 is 2.09 bits per heavy atom. The topological polar surface area (TPSA) is 96.2 Å². The third kappa shape index (κ3) is 5.13. The molecule has 0 spiro atoms. The second kappa shape index (κ2) is 10.8. The van der Waals surface area contributed by atoms with Crippen molar-refractivity contribution in [2.75, 3.05) is 31.7 Å². The van der Waals surface area contributed by atoms with Crippen LogP contribution in [0.2, 0.25) is 0 Å². The fraction of sp³-hybridized carbons (Fsp3) is 0.478. The number of thioether (sulfide) groups is 1. The zero-order valence-corrected chi connectivity index (χ0v) is 20.2. The molecule has 2 fully saturated rings. The number of carbonyl (C=O) groups is 1. The zero-order valence-electron chi connectivity index (χ0n) is 18.6. The van der Waals surface area contributed by atoms with Gasteiger partial charge in [-0.25, -0.2) is 4.98 Å². The first-order chi connectivity index (χ1) is 16.0. The van der Waals surface area contributed by atoms with Crippen molar-refractivity contribution >= 4 is 51.7 Å². The highest BCUT2D eigenvalue weighted by Crippen LogP contribution is 2.37. The minimum absolute atomic E-state index is 0.0527. The van der Waals surface area contributed by atoms with Crippen LogP contribution in [0.4, 0.5) is 5.82 Å². The molecule has 4 rings (SSSR count). The lowest BCUT2D eigenvalue weighted by molar-refractivity contribution is -0.124. The molecule has 0 atom stereocenters. The third-order valence-electron chi connectivity index (χ3n) is 5.90. The normalized spacial score (nSPS) is 18.6. The molecule has 1 aliphatic heterocycles. The Morgan fingerprint density at radius 3 is 2.85 bits per heavy atom. The van der Waals surface area contributed by atoms with Crippen LogP contribution in [0.5, 0.6) is 0 Å². The lowest BCUT2D eigenvalue weighted by Gasteiger charge is -2.29. The summed E-state index contributed by atoms with van der Waals surface area (Å²) in [7, 11) is 0. The molecule has 33 heavy (non-hydrogen) atoms. The minimum Gasteiger partial charge on any atom is -0.394 e. The van der Waals surface area contributed by atoms with Gasteiger partial charge in [0, 0.05) is 18.8 Å². The third-order valence-corrected chi connectivity index (χ3v) is 7.23. The molecule has 0 unspecified atom stereocenters. The van der Waals surface area contributed by atoms with Gasteiger partial charge in [0.25, 0.3) is 11.5 Å². The van der Waals surface area contributed by atoms with Crippen molar-refractivity contribution in [1.29, 1.82) is 0 Å². The molecule has 2 aliphatic rings. The molecule has 2 aromatic rings. The van der Waals surface area contributed by atoms with E-state index in [2.05, 4.69) is 10.3 Å². The van der Waals surface area contributed by atoms with Crippen LogP contribution in [0.25, 0.3) is 11.7 Å². The van der Waals surface area contributed by atoms with Crippen molar-refractivity contribution in [3.05, 3.63) is 44.7 Å². The maximum atomic E-state index is 13.4. The molecule has 8 nitrogen and oxygen atoms in total. The highest BCUT2D eigenvalue weighted by Gasteiger charge is 2.37. The van der Waals surface area contributed by atoms with E-state index in [1.54, 1.807) is 23.2 Å². The Morgan fingerprint density at radius 1 is 1.30 bits per heavy atom. The average molecular weight is 489 g/mol. The van der Waals surface area contributed by atoms with Gasteiger partial charge in [0.05, 0.1) is 30.3 Å². The number of carbonyl (C=O) groups excluding carboxylic acids is 1. The van der Waals surface area contributed by atoms with Crippen molar-refractivity contribution in [2.45, 2.75) is 45.1 Å². The number of hydrogen-bond donors (Lipinski definition) is 2. The number of thiocarbonyl (C=S) groups is 1. The fourth-order valence-corrected chi connectivity index (χ4v) is 5.63. The monoisotopic (exact) mass is 488 g/mol. The molecule has 0 radical (unpaired) electrons. The number of amides is 1. The van der Waals surface area contributed by atoms with E-state index in [1.165, 1.54) is 22.6 Å². The van der Waals surface area contributed by atoms with E-state index in [0.717, 1.165) is 31.2 Å². The first-order valence-corrected chi connectivity index (χ1v) is 12.4. The van der Waals surface area contributed by atoms with Crippen LogP contribution in [0.15, 0.2) is 28.0 Å². The number of rotatable bonds is 8. The Kier molecular flexibility index (Phi) is 7.79. The Balaban J connectivity index is 1.69. The molecule has 1 saturated carbocycles. The summed E-state index contributed by atoms with van der Waals surface area (Å²) in [4.78, 5) is 33.5. The van der Waals surface area contributed by atoms with Crippen LogP contribution in [0, 0.1) is 6.92 Å². The number of aromatic nitrogens is 2. The summed E-state index contributed by atoms with van der Waals surface area (Å²) in [6, 6.07) is 3.83. The largest absolute Gasteiger partial charge is 0.394 e. The summed E-state index contributed by atoms with van der Waals surface area (Å²) in [5.41, 5.74) is 1.47. The highest BCUT2D eigenvalue weighted by atomic mass is 32.2. The SMILES string of the molecule is Cc1cccn2c(=O)c(C=C3SC(=S)N(C4CCCCC4)C3=O)c(NCCOCCO)nc12. The van der Waals surface area contributed by atoms with Crippen LogP contribution in [0.1, 0.15) is 43.2 Å². The lowest BCUT2D eigenvalue weighted by Crippen LogP contribution is -2.39. The molecule has 10 heteroatoms. The van der Waals surface area contributed by atoms with Crippen molar-refractivity contribution in [3.8, 4) is 0 Å². The summed E-state index contributed by atoms with van der Waals surface area (Å²) >= 11 is 6.78. The van der Waals surface area contributed by atoms with E-state index in [9.17, 15) is 9.59 Å². The molecule has 0 bridgehead atoms. The average Bonchev–Trinajstić information content (AvgIpc) is 3.10. The standard InChI is InChI=1S/C23H28N4O4S2/c1-15-6-5-10-26-20(15)25-19(24-9-12-31-13-11-28)17(21(26)29)14-18-22(30)27(23(32)33-18)16-7-3-2-4-8-16/h5-6,10,14,16,24,28H,2-4,7-9,11-13H2,1H3. The molecule has 1 aliphatic carbocycles. The van der Waals surface area contributed by atoms with E-state index in [0.29, 0.717) is 39.4 Å². The highest BCUT2D eigenvalue weighted by molar-refractivity contribution is 8.26. The first-order valence-electron chi connectivity index (χ1n) is 11.2. The van der Waals surface area contributed by atoms with E-state index in [-0.39, 0.29) is 30.7 Å². The molecule has 2 N–H and O–H groups in total. The van der Waals surface area contributed by atoms with Gasteiger partial charge in [-0.1, -0.05) is 49.3 Å². The summed E-state index contributed by atoms with van der Waals surface area (Å²) in [6.45, 7) is 2.83. The number of anilines is 1. The van der Waals surface area contributed by atoms with E-state index in [4.69, 9.17) is 22.1 Å². The Labute approximate surface area is 202 Å². The predicted molar refractivity (Wildman–Crippen MR) is 134 cm³/mol. The molecule has 0 aromatic carbocycles. The van der Waals surface area contributed by atoms with Crippen LogP contribution in [-0.4, -0.2) is 62.0 Å². The summed E-state index contributed by atoms with van der Waals surface area (Å²) in [5.74, 6) is 0.257. The summed E-state index contributed by atoms with van der Waals surface area (Å²) in [6.07, 6.45) is 8.60. The Hall–Kier alpha value is -2.27. The van der Waals surface area contributed by atoms with Gasteiger partial charge in [-0.3, -0.25) is 18.9 Å². The zero-order chi connectivity index (χ0) is 23.4. The number of aliphatic hydroxyl groups is 1. The second-order valence-corrected chi connectivity index (χ2v) is 9.85. The van der Waals surface area contributed by atoms with E-state index < -0.39 is 0 Å². The van der Waals surface area contributed by atoms with Crippen LogP contribution in [-0.2, 0) is 9.53 Å². The van der Waals surface area contributed by atoms with E-state index in [1.807, 2.05) is 13.0 Å². The van der Waals surface area contributed by atoms with Crippen LogP contribution in [0.3, 0.4) is 0 Å². The minimum atomic E-state index is -0.259. The lowest BCUT2D eigenvalue weighted by atomic mass is 9.94. The van der Waals surface area contributed by atoms with Gasteiger partial charge in [-0.15, -0.1) is 0 Å². The van der Waals surface area contributed by atoms with Crippen molar-refractivity contribution < 1.29 is 14.6 Å². The number of hydrogen-bond acceptors (Lipinski definition) is 8. The number of aliphatic hydroxyl groups excluding tert-OH is 1. The maximum Gasteiger partial charge on any atom is 0.267 e. The van der Waals surface area contributed by atoms with Crippen LogP contribution >= 0.6 is 24.0 Å². The predicted octanol–water partition coefficient (Wildman–Crippen LogP) is 2.96. The number of aryl methyl sites for hydroxylation is 1. The van der Waals surface area contributed by atoms with Gasteiger partial charge in [0.15, 0.2) is 0 Å². The van der Waals surface area contributed by atoms with Gasteiger partial charge in [-0.05, 0) is 37.5 Å². The molecule has 3 heterocycles. The molecule has 1 amide bonds. The van der Waals surface area contributed by atoms with Gasteiger partial charge in [0.2, 0.25) is 0 Å². The van der Waals surface area contributed by atoms with Crippen molar-refractivity contribution in [1.82, 2.24) is 14.3 Å². The van der Waals surface area contributed by atoms with E-state index >= 15 is 0 Å². The number of pyridine rings is 1. The van der Waals surface area contributed by atoms with Gasteiger partial charge >= 0.3 is 0 Å². The molecular formula is C23H28N4O4S2. The number of nitrogens with one attached hydrogen (secondary N) is 1. The Bertz CT molecular complexity index is 1140. The molecule has 2 aromatic heterocycles. The van der Waals surface area contributed by atoms with Gasteiger partial charge in [-0.2, -0.15) is 0 Å². The van der Waals surface area contributed by atoms with Crippen molar-refractivity contribution in [3.63, 3.8) is 0 Å². The van der Waals surface area contributed by atoms with Gasteiger partial charge in [0.1, 0.15) is 15.8 Å². The first kappa shape index (κ1) is 23.9. The quantitative estimate of drug-likeness (QED) is 0.333.